The molecule has 19 heavy (non-hydrogen) atoms. The minimum Gasteiger partial charge on any atom is -0.390 e. The van der Waals surface area contributed by atoms with Crippen molar-refractivity contribution in [3.63, 3.8) is 0 Å². The van der Waals surface area contributed by atoms with Crippen LogP contribution in [-0.4, -0.2) is 33.5 Å². The molecule has 102 valence electrons. The highest BCUT2D eigenvalue weighted by Gasteiger charge is 2.07. The Bertz CT molecular complexity index is 474. The van der Waals surface area contributed by atoms with Crippen molar-refractivity contribution < 1.29 is 9.84 Å². The number of hydrogen-bond acceptors (Lipinski definition) is 6. The van der Waals surface area contributed by atoms with Crippen molar-refractivity contribution in [2.45, 2.75) is 24.8 Å². The van der Waals surface area contributed by atoms with Crippen molar-refractivity contribution in [3.8, 4) is 0 Å². The van der Waals surface area contributed by atoms with Gasteiger partial charge in [0.25, 0.3) is 0 Å². The van der Waals surface area contributed by atoms with E-state index in [0.717, 1.165) is 5.56 Å². The standard InChI is InChI=1S/C13H16N2O2S2/c1-10-5-14-13(15-6-10)19-9-11(16)7-17-8-12-3-2-4-18-12/h2-6,11,16H,7-9H2,1H3. The summed E-state index contributed by atoms with van der Waals surface area (Å²) in [6.45, 7) is 2.83. The van der Waals surface area contributed by atoms with Gasteiger partial charge in [-0.3, -0.25) is 0 Å². The first-order valence-corrected chi connectivity index (χ1v) is 7.80. The van der Waals surface area contributed by atoms with E-state index in [9.17, 15) is 5.11 Å². The van der Waals surface area contributed by atoms with Crippen molar-refractivity contribution in [2.75, 3.05) is 12.4 Å². The number of hydrogen-bond donors (Lipinski definition) is 1. The van der Waals surface area contributed by atoms with E-state index in [2.05, 4.69) is 9.97 Å². The van der Waals surface area contributed by atoms with Crippen molar-refractivity contribution in [3.05, 3.63) is 40.3 Å². The summed E-state index contributed by atoms with van der Waals surface area (Å²) >= 11 is 3.09. The highest BCUT2D eigenvalue weighted by atomic mass is 32.2. The molecule has 2 aromatic rings. The van der Waals surface area contributed by atoms with Crippen molar-refractivity contribution >= 4 is 23.1 Å². The maximum Gasteiger partial charge on any atom is 0.187 e. The molecular formula is C13H16N2O2S2. The summed E-state index contributed by atoms with van der Waals surface area (Å²) in [7, 11) is 0. The van der Waals surface area contributed by atoms with Gasteiger partial charge in [0, 0.05) is 23.0 Å². The van der Waals surface area contributed by atoms with E-state index in [1.807, 2.05) is 24.4 Å². The molecule has 0 aromatic carbocycles. The van der Waals surface area contributed by atoms with Crippen LogP contribution in [0.4, 0.5) is 0 Å². The molecule has 0 amide bonds. The van der Waals surface area contributed by atoms with Crippen molar-refractivity contribution in [2.24, 2.45) is 0 Å². The second kappa shape index (κ2) is 7.59. The zero-order chi connectivity index (χ0) is 13.5. The van der Waals surface area contributed by atoms with Crippen LogP contribution in [0.15, 0.2) is 35.1 Å². The lowest BCUT2D eigenvalue weighted by molar-refractivity contribution is 0.0409. The molecule has 1 N–H and O–H groups in total. The molecule has 0 saturated carbocycles. The van der Waals surface area contributed by atoms with Gasteiger partial charge in [-0.25, -0.2) is 9.97 Å². The van der Waals surface area contributed by atoms with Gasteiger partial charge in [-0.15, -0.1) is 11.3 Å². The van der Waals surface area contributed by atoms with Crippen LogP contribution in [0.5, 0.6) is 0 Å². The van der Waals surface area contributed by atoms with Crippen molar-refractivity contribution in [1.82, 2.24) is 9.97 Å². The van der Waals surface area contributed by atoms with Crippen LogP contribution in [0.2, 0.25) is 0 Å². The molecule has 0 aliphatic heterocycles. The average Bonchev–Trinajstić information content (AvgIpc) is 2.91. The van der Waals surface area contributed by atoms with Gasteiger partial charge < -0.3 is 9.84 Å². The van der Waals surface area contributed by atoms with E-state index in [4.69, 9.17) is 4.74 Å². The summed E-state index contributed by atoms with van der Waals surface area (Å²) in [5.74, 6) is 0.535. The van der Waals surface area contributed by atoms with Crippen LogP contribution < -0.4 is 0 Å². The Morgan fingerprint density at radius 3 is 2.89 bits per heavy atom. The molecule has 2 heterocycles. The fourth-order valence-corrected chi connectivity index (χ4v) is 2.70. The van der Waals surface area contributed by atoms with Gasteiger partial charge in [-0.2, -0.15) is 0 Å². The lowest BCUT2D eigenvalue weighted by Gasteiger charge is -2.09. The van der Waals surface area contributed by atoms with Crippen LogP contribution in [0.1, 0.15) is 10.4 Å². The summed E-state index contributed by atoms with van der Waals surface area (Å²) < 4.78 is 5.45. The lowest BCUT2D eigenvalue weighted by atomic mass is 10.4. The normalized spacial score (nSPS) is 12.5. The van der Waals surface area contributed by atoms with Gasteiger partial charge in [0.2, 0.25) is 0 Å². The summed E-state index contributed by atoms with van der Waals surface area (Å²) in [6.07, 6.45) is 3.04. The van der Waals surface area contributed by atoms with E-state index in [-0.39, 0.29) is 0 Å². The lowest BCUT2D eigenvalue weighted by Crippen LogP contribution is -2.18. The van der Waals surface area contributed by atoms with E-state index in [0.29, 0.717) is 24.1 Å². The molecule has 0 aliphatic rings. The summed E-state index contributed by atoms with van der Waals surface area (Å²) in [4.78, 5) is 9.51. The molecule has 0 spiro atoms. The Morgan fingerprint density at radius 1 is 1.42 bits per heavy atom. The molecule has 2 aromatic heterocycles. The zero-order valence-corrected chi connectivity index (χ0v) is 12.3. The Kier molecular flexibility index (Phi) is 5.78. The largest absolute Gasteiger partial charge is 0.390 e. The molecule has 1 unspecified atom stereocenters. The quantitative estimate of drug-likeness (QED) is 0.628. The first-order valence-electron chi connectivity index (χ1n) is 5.93. The third-order valence-electron chi connectivity index (χ3n) is 2.30. The monoisotopic (exact) mass is 296 g/mol. The number of nitrogens with zero attached hydrogens (tertiary/aromatic N) is 2. The molecule has 6 heteroatoms. The average molecular weight is 296 g/mol. The molecule has 1 atom stereocenters. The third kappa shape index (κ3) is 5.28. The Balaban J connectivity index is 1.64. The van der Waals surface area contributed by atoms with Gasteiger partial charge in [0.15, 0.2) is 5.16 Å². The zero-order valence-electron chi connectivity index (χ0n) is 10.7. The first-order chi connectivity index (χ1) is 9.24. The van der Waals surface area contributed by atoms with E-state index >= 15 is 0 Å². The summed E-state index contributed by atoms with van der Waals surface area (Å²) in [5, 5.41) is 12.5. The van der Waals surface area contributed by atoms with Crippen LogP contribution >= 0.6 is 23.1 Å². The van der Waals surface area contributed by atoms with Crippen LogP contribution in [0.3, 0.4) is 0 Å². The predicted molar refractivity (Wildman–Crippen MR) is 77.5 cm³/mol. The number of aryl methyl sites for hydroxylation is 1. The minimum atomic E-state index is -0.505. The Labute approximate surface area is 120 Å². The van der Waals surface area contributed by atoms with Crippen molar-refractivity contribution in [1.29, 1.82) is 0 Å². The molecule has 0 bridgehead atoms. The SMILES string of the molecule is Cc1cnc(SCC(O)COCc2cccs2)nc1. The van der Waals surface area contributed by atoms with Gasteiger partial charge >= 0.3 is 0 Å². The predicted octanol–water partition coefficient (Wildman–Crippen LogP) is 2.52. The molecule has 0 saturated heterocycles. The number of thioether (sulfide) groups is 1. The highest BCUT2D eigenvalue weighted by Crippen LogP contribution is 2.14. The number of aliphatic hydroxyl groups is 1. The maximum absolute atomic E-state index is 9.80. The molecular weight excluding hydrogens is 280 g/mol. The molecule has 0 radical (unpaired) electrons. The van der Waals surface area contributed by atoms with E-state index in [1.54, 1.807) is 23.7 Å². The number of thiophene rings is 1. The second-order valence-electron chi connectivity index (χ2n) is 4.10. The highest BCUT2D eigenvalue weighted by molar-refractivity contribution is 7.99. The maximum atomic E-state index is 9.80. The van der Waals surface area contributed by atoms with E-state index in [1.165, 1.54) is 16.6 Å². The number of rotatable bonds is 7. The fraction of sp³-hybridized carbons (Fsp3) is 0.385. The van der Waals surface area contributed by atoms with Crippen LogP contribution in [0.25, 0.3) is 0 Å². The fourth-order valence-electron chi connectivity index (χ4n) is 1.36. The summed E-state index contributed by atoms with van der Waals surface area (Å²) in [5.41, 5.74) is 1.03. The topological polar surface area (TPSA) is 55.2 Å². The smallest absolute Gasteiger partial charge is 0.187 e. The number of ether oxygens (including phenoxy) is 1. The molecule has 0 aliphatic carbocycles. The second-order valence-corrected chi connectivity index (χ2v) is 6.12. The van der Waals surface area contributed by atoms with Crippen LogP contribution in [0, 0.1) is 6.92 Å². The van der Waals surface area contributed by atoms with Crippen LogP contribution in [-0.2, 0) is 11.3 Å². The third-order valence-corrected chi connectivity index (χ3v) is 4.17. The van der Waals surface area contributed by atoms with Gasteiger partial charge in [-0.1, -0.05) is 17.8 Å². The Hall–Kier alpha value is -0.950. The molecule has 0 fully saturated rings. The number of aromatic nitrogens is 2. The van der Waals surface area contributed by atoms with Gasteiger partial charge in [0.1, 0.15) is 0 Å². The number of aliphatic hydroxyl groups excluding tert-OH is 1. The Morgan fingerprint density at radius 2 is 2.21 bits per heavy atom. The first kappa shape index (κ1) is 14.5. The van der Waals surface area contributed by atoms with Gasteiger partial charge in [0.05, 0.1) is 19.3 Å². The van der Waals surface area contributed by atoms with Gasteiger partial charge in [-0.05, 0) is 23.9 Å². The molecule has 4 nitrogen and oxygen atoms in total. The van der Waals surface area contributed by atoms with E-state index < -0.39 is 6.10 Å². The molecule has 2 rings (SSSR count). The minimum absolute atomic E-state index is 0.330. The summed E-state index contributed by atoms with van der Waals surface area (Å²) in [6, 6.07) is 4.01.